The number of aliphatic carboxylic acids is 1. The molecule has 2 fully saturated rings. The number of likely N-dealkylation sites (tertiary alicyclic amines) is 2. The molecule has 0 amide bonds. The summed E-state index contributed by atoms with van der Waals surface area (Å²) in [6.07, 6.45) is 0.966. The number of benzene rings is 2. The van der Waals surface area contributed by atoms with Gasteiger partial charge in [-0.05, 0) is 87.1 Å². The molecule has 198 valence electrons. The first-order valence-corrected chi connectivity index (χ1v) is 12.5. The average Bonchev–Trinajstić information content (AvgIpc) is 3.38. The van der Waals surface area contributed by atoms with Crippen LogP contribution in [0.2, 0.25) is 0 Å². The van der Waals surface area contributed by atoms with E-state index < -0.39 is 12.1 Å². The molecule has 0 unspecified atom stereocenters. The predicted octanol–water partition coefficient (Wildman–Crippen LogP) is 4.77. The number of hydrogen-bond acceptors (Lipinski definition) is 5. The van der Waals surface area contributed by atoms with Gasteiger partial charge < -0.3 is 20.5 Å². The van der Waals surface area contributed by atoms with Crippen LogP contribution in [0.15, 0.2) is 48.5 Å². The van der Waals surface area contributed by atoms with Crippen LogP contribution in [0, 0.1) is 0 Å². The highest BCUT2D eigenvalue weighted by molar-refractivity contribution is 5.73. The average molecular weight is 508 g/mol. The topological polar surface area (TPSA) is 79.0 Å². The van der Waals surface area contributed by atoms with E-state index in [2.05, 4.69) is 58.3 Å². The number of carboxylic acids is 1. The van der Waals surface area contributed by atoms with E-state index in [9.17, 15) is 13.2 Å². The first-order valence-electron chi connectivity index (χ1n) is 12.5. The Kier molecular flexibility index (Phi) is 10.6. The number of hydrogen-bond donors (Lipinski definition) is 2. The van der Waals surface area contributed by atoms with Crippen molar-refractivity contribution in [3.8, 4) is 16.9 Å². The predicted molar refractivity (Wildman–Crippen MR) is 134 cm³/mol. The van der Waals surface area contributed by atoms with Crippen LogP contribution in [0.1, 0.15) is 37.7 Å². The van der Waals surface area contributed by atoms with E-state index in [0.717, 1.165) is 57.8 Å². The molecular formula is C27H36F3N3O3. The lowest BCUT2D eigenvalue weighted by Gasteiger charge is -2.30. The number of nitrogens with zero attached hydrogens (tertiary/aromatic N) is 2. The van der Waals surface area contributed by atoms with Gasteiger partial charge in [0, 0.05) is 19.1 Å². The van der Waals surface area contributed by atoms with E-state index in [-0.39, 0.29) is 0 Å². The molecule has 0 aromatic heterocycles. The molecule has 2 aliphatic heterocycles. The van der Waals surface area contributed by atoms with Gasteiger partial charge in [-0.3, -0.25) is 4.90 Å². The fraction of sp³-hybridized carbons (Fsp3) is 0.519. The number of carbonyl (C=O) groups is 1. The number of piperidine rings is 1. The quantitative estimate of drug-likeness (QED) is 0.501. The third-order valence-electron chi connectivity index (χ3n) is 6.51. The third-order valence-corrected chi connectivity index (χ3v) is 6.51. The molecule has 0 saturated carbocycles. The molecule has 0 bridgehead atoms. The summed E-state index contributed by atoms with van der Waals surface area (Å²) in [6, 6.07) is 17.9. The van der Waals surface area contributed by atoms with Crippen molar-refractivity contribution in [3.63, 3.8) is 0 Å². The maximum atomic E-state index is 10.6. The van der Waals surface area contributed by atoms with Crippen LogP contribution in [0.4, 0.5) is 13.2 Å². The number of alkyl halides is 3. The maximum Gasteiger partial charge on any atom is 0.490 e. The molecule has 2 saturated heterocycles. The lowest BCUT2D eigenvalue weighted by atomic mass is 10.0. The number of rotatable bonds is 8. The lowest BCUT2D eigenvalue weighted by Crippen LogP contribution is -2.39. The summed E-state index contributed by atoms with van der Waals surface area (Å²) in [7, 11) is 0. The van der Waals surface area contributed by atoms with E-state index in [4.69, 9.17) is 20.4 Å². The van der Waals surface area contributed by atoms with Crippen molar-refractivity contribution in [1.29, 1.82) is 0 Å². The standard InChI is InChI=1S/C25H35N3O.C2HF3O2/c26-24-12-17-28(18-13-24)20-21-4-6-22(7-5-21)23-8-10-25(11-9-23)29-19-3-16-27-14-1-2-15-27;3-2(4,5)1(6)7/h4-11,24H,1-3,12-20,26H2;(H,6,7). The van der Waals surface area contributed by atoms with E-state index in [0.29, 0.717) is 6.04 Å². The monoisotopic (exact) mass is 507 g/mol. The Morgan fingerprint density at radius 3 is 1.97 bits per heavy atom. The smallest absolute Gasteiger partial charge is 0.490 e. The largest absolute Gasteiger partial charge is 0.494 e. The molecule has 6 nitrogen and oxygen atoms in total. The van der Waals surface area contributed by atoms with Gasteiger partial charge in [0.1, 0.15) is 5.75 Å². The normalized spacial score (nSPS) is 17.4. The number of halogens is 3. The van der Waals surface area contributed by atoms with Gasteiger partial charge in [-0.25, -0.2) is 4.79 Å². The Balaban J connectivity index is 0.000000454. The number of ether oxygens (including phenoxy) is 1. The lowest BCUT2D eigenvalue weighted by molar-refractivity contribution is -0.192. The fourth-order valence-corrected chi connectivity index (χ4v) is 4.40. The van der Waals surface area contributed by atoms with Crippen molar-refractivity contribution in [2.75, 3.05) is 39.3 Å². The zero-order valence-corrected chi connectivity index (χ0v) is 20.6. The highest BCUT2D eigenvalue weighted by Crippen LogP contribution is 2.24. The summed E-state index contributed by atoms with van der Waals surface area (Å²) in [5.41, 5.74) is 9.88. The summed E-state index contributed by atoms with van der Waals surface area (Å²) in [5.74, 6) is -1.79. The molecule has 4 rings (SSSR count). The molecule has 2 aromatic carbocycles. The Morgan fingerprint density at radius 1 is 0.917 bits per heavy atom. The third kappa shape index (κ3) is 9.44. The summed E-state index contributed by atoms with van der Waals surface area (Å²) in [6.45, 7) is 7.74. The van der Waals surface area contributed by atoms with Crippen molar-refractivity contribution < 1.29 is 27.8 Å². The Hall–Kier alpha value is -2.62. The van der Waals surface area contributed by atoms with Crippen LogP contribution < -0.4 is 10.5 Å². The minimum absolute atomic E-state index is 0.394. The molecule has 0 aliphatic carbocycles. The molecule has 0 atom stereocenters. The number of nitrogens with two attached hydrogens (primary N) is 1. The molecular weight excluding hydrogens is 471 g/mol. The van der Waals surface area contributed by atoms with Crippen molar-refractivity contribution in [2.45, 2.75) is 50.9 Å². The SMILES string of the molecule is NC1CCN(Cc2ccc(-c3ccc(OCCCN4CCCC4)cc3)cc2)CC1.O=C(O)C(F)(F)F. The van der Waals surface area contributed by atoms with Gasteiger partial charge in [-0.1, -0.05) is 36.4 Å². The molecule has 9 heteroatoms. The minimum atomic E-state index is -5.08. The van der Waals surface area contributed by atoms with Gasteiger partial charge in [0.15, 0.2) is 0 Å². The van der Waals surface area contributed by atoms with Gasteiger partial charge in [0.05, 0.1) is 6.61 Å². The second-order valence-electron chi connectivity index (χ2n) is 9.39. The molecule has 0 spiro atoms. The molecule has 2 heterocycles. The minimum Gasteiger partial charge on any atom is -0.494 e. The van der Waals surface area contributed by atoms with Gasteiger partial charge in [-0.2, -0.15) is 13.2 Å². The number of carboxylic acid groups (broad SMARTS) is 1. The Bertz CT molecular complexity index is 922. The van der Waals surface area contributed by atoms with Crippen LogP contribution in [0.25, 0.3) is 11.1 Å². The summed E-state index contributed by atoms with van der Waals surface area (Å²) < 4.78 is 37.7. The van der Waals surface area contributed by atoms with Crippen LogP contribution in [0.3, 0.4) is 0 Å². The van der Waals surface area contributed by atoms with Gasteiger partial charge in [0.25, 0.3) is 0 Å². The highest BCUT2D eigenvalue weighted by atomic mass is 19.4. The van der Waals surface area contributed by atoms with Crippen molar-refractivity contribution in [1.82, 2.24) is 9.80 Å². The fourth-order valence-electron chi connectivity index (χ4n) is 4.40. The molecule has 3 N–H and O–H groups in total. The van der Waals surface area contributed by atoms with Crippen LogP contribution in [0.5, 0.6) is 5.75 Å². The van der Waals surface area contributed by atoms with Crippen LogP contribution in [-0.4, -0.2) is 72.4 Å². The van der Waals surface area contributed by atoms with Gasteiger partial charge >= 0.3 is 12.1 Å². The van der Waals surface area contributed by atoms with E-state index in [1.54, 1.807) is 0 Å². The molecule has 0 radical (unpaired) electrons. The Labute approximate surface area is 210 Å². The van der Waals surface area contributed by atoms with Gasteiger partial charge in [0.2, 0.25) is 0 Å². The second-order valence-corrected chi connectivity index (χ2v) is 9.39. The maximum absolute atomic E-state index is 10.6. The van der Waals surface area contributed by atoms with E-state index >= 15 is 0 Å². The van der Waals surface area contributed by atoms with Gasteiger partial charge in [-0.15, -0.1) is 0 Å². The molecule has 36 heavy (non-hydrogen) atoms. The van der Waals surface area contributed by atoms with Crippen LogP contribution in [-0.2, 0) is 11.3 Å². The summed E-state index contributed by atoms with van der Waals surface area (Å²) >= 11 is 0. The zero-order chi connectivity index (χ0) is 26.0. The first kappa shape index (κ1) is 28.0. The van der Waals surface area contributed by atoms with Crippen molar-refractivity contribution in [3.05, 3.63) is 54.1 Å². The Morgan fingerprint density at radius 2 is 1.44 bits per heavy atom. The van der Waals surface area contributed by atoms with E-state index in [1.807, 2.05) is 0 Å². The van der Waals surface area contributed by atoms with Crippen LogP contribution >= 0.6 is 0 Å². The van der Waals surface area contributed by atoms with Crippen molar-refractivity contribution >= 4 is 5.97 Å². The van der Waals surface area contributed by atoms with E-state index in [1.165, 1.54) is 42.6 Å². The highest BCUT2D eigenvalue weighted by Gasteiger charge is 2.38. The zero-order valence-electron chi connectivity index (χ0n) is 20.6. The molecule has 2 aliphatic rings. The molecule has 2 aromatic rings. The summed E-state index contributed by atoms with van der Waals surface area (Å²) in [5, 5.41) is 7.12. The second kappa shape index (κ2) is 13.6. The van der Waals surface area contributed by atoms with Crippen molar-refractivity contribution in [2.24, 2.45) is 5.73 Å². The summed E-state index contributed by atoms with van der Waals surface area (Å²) in [4.78, 5) is 13.9. The first-order chi connectivity index (χ1) is 17.2.